The van der Waals surface area contributed by atoms with Crippen molar-refractivity contribution in [1.82, 2.24) is 19.7 Å². The summed E-state index contributed by atoms with van der Waals surface area (Å²) in [5.41, 5.74) is 2.11. The molecule has 2 heterocycles. The van der Waals surface area contributed by atoms with Crippen LogP contribution in [-0.2, 0) is 13.0 Å². The highest BCUT2D eigenvalue weighted by atomic mass is 16.1. The lowest BCUT2D eigenvalue weighted by atomic mass is 10.1. The number of hydrogen-bond acceptors (Lipinski definition) is 2. The molecule has 5 heteroatoms. The molecule has 0 atom stereocenters. The summed E-state index contributed by atoms with van der Waals surface area (Å²) in [6.45, 7) is 2.57. The van der Waals surface area contributed by atoms with Crippen LogP contribution < -0.4 is 5.69 Å². The van der Waals surface area contributed by atoms with Gasteiger partial charge in [-0.05, 0) is 18.6 Å². The van der Waals surface area contributed by atoms with Crippen molar-refractivity contribution in [3.8, 4) is 0 Å². The standard InChI is InChI=1S/C13H14N4O/c1-2-17-12(15-16-13(17)18)7-9-8-14-11-6-4-3-5-10(9)11/h3-6,8,14H,2,7H2,1H3,(H,16,18). The van der Waals surface area contributed by atoms with Gasteiger partial charge in [0.1, 0.15) is 5.82 Å². The lowest BCUT2D eigenvalue weighted by Gasteiger charge is -2.01. The first kappa shape index (κ1) is 10.8. The monoisotopic (exact) mass is 242 g/mol. The predicted molar refractivity (Wildman–Crippen MR) is 69.6 cm³/mol. The van der Waals surface area contributed by atoms with E-state index in [9.17, 15) is 4.79 Å². The van der Waals surface area contributed by atoms with Crippen molar-refractivity contribution in [2.24, 2.45) is 0 Å². The van der Waals surface area contributed by atoms with Gasteiger partial charge in [-0.25, -0.2) is 9.89 Å². The quantitative estimate of drug-likeness (QED) is 0.733. The van der Waals surface area contributed by atoms with Crippen molar-refractivity contribution in [2.45, 2.75) is 19.9 Å². The van der Waals surface area contributed by atoms with Crippen LogP contribution in [0.2, 0.25) is 0 Å². The van der Waals surface area contributed by atoms with Crippen LogP contribution in [0.3, 0.4) is 0 Å². The second-order valence-electron chi connectivity index (χ2n) is 4.23. The van der Waals surface area contributed by atoms with E-state index in [1.54, 1.807) is 4.57 Å². The van der Waals surface area contributed by atoms with E-state index in [0.717, 1.165) is 16.9 Å². The fourth-order valence-corrected chi connectivity index (χ4v) is 2.26. The van der Waals surface area contributed by atoms with E-state index in [4.69, 9.17) is 0 Å². The Morgan fingerprint density at radius 1 is 1.33 bits per heavy atom. The molecule has 0 amide bonds. The molecule has 5 nitrogen and oxygen atoms in total. The largest absolute Gasteiger partial charge is 0.361 e. The topological polar surface area (TPSA) is 66.5 Å². The molecule has 0 fully saturated rings. The number of aromatic nitrogens is 4. The third-order valence-corrected chi connectivity index (χ3v) is 3.18. The minimum Gasteiger partial charge on any atom is -0.361 e. The van der Waals surface area contributed by atoms with Crippen LogP contribution in [0.25, 0.3) is 10.9 Å². The molecule has 0 aliphatic carbocycles. The van der Waals surface area contributed by atoms with E-state index in [0.29, 0.717) is 13.0 Å². The smallest absolute Gasteiger partial charge is 0.343 e. The SMILES string of the molecule is CCn1c(Cc2c[nH]c3ccccc23)n[nH]c1=O. The molecule has 0 saturated heterocycles. The maximum Gasteiger partial charge on any atom is 0.343 e. The Morgan fingerprint density at radius 3 is 3.00 bits per heavy atom. The van der Waals surface area contributed by atoms with Gasteiger partial charge < -0.3 is 4.98 Å². The minimum absolute atomic E-state index is 0.146. The van der Waals surface area contributed by atoms with Gasteiger partial charge in [0.2, 0.25) is 0 Å². The van der Waals surface area contributed by atoms with Crippen LogP contribution in [0, 0.1) is 0 Å². The third kappa shape index (κ3) is 1.64. The number of nitrogens with zero attached hydrogens (tertiary/aromatic N) is 2. The Kier molecular flexibility index (Phi) is 2.51. The molecule has 1 aromatic carbocycles. The van der Waals surface area contributed by atoms with Crippen LogP contribution in [0.1, 0.15) is 18.3 Å². The molecule has 92 valence electrons. The van der Waals surface area contributed by atoms with Crippen LogP contribution in [0.5, 0.6) is 0 Å². The normalized spacial score (nSPS) is 11.2. The number of nitrogens with one attached hydrogen (secondary N) is 2. The Morgan fingerprint density at radius 2 is 2.17 bits per heavy atom. The molecule has 18 heavy (non-hydrogen) atoms. The van der Waals surface area contributed by atoms with Crippen molar-refractivity contribution < 1.29 is 0 Å². The van der Waals surface area contributed by atoms with Crippen LogP contribution >= 0.6 is 0 Å². The Bertz CT molecular complexity index is 735. The molecule has 0 radical (unpaired) electrons. The summed E-state index contributed by atoms with van der Waals surface area (Å²) in [6.07, 6.45) is 2.63. The summed E-state index contributed by atoms with van der Waals surface area (Å²) in [6, 6.07) is 8.12. The maximum atomic E-state index is 11.5. The molecule has 0 aliphatic rings. The van der Waals surface area contributed by atoms with Crippen LogP contribution in [0.15, 0.2) is 35.3 Å². The number of para-hydroxylation sites is 1. The number of fused-ring (bicyclic) bond motifs is 1. The molecular weight excluding hydrogens is 228 g/mol. The molecule has 0 bridgehead atoms. The second kappa shape index (κ2) is 4.18. The molecule has 0 spiro atoms. The highest BCUT2D eigenvalue weighted by Crippen LogP contribution is 2.19. The maximum absolute atomic E-state index is 11.5. The molecule has 0 aliphatic heterocycles. The Labute approximate surface area is 103 Å². The van der Waals surface area contributed by atoms with E-state index in [2.05, 4.69) is 21.2 Å². The van der Waals surface area contributed by atoms with Gasteiger partial charge in [0.25, 0.3) is 0 Å². The predicted octanol–water partition coefficient (Wildman–Crippen LogP) is 1.66. The zero-order valence-electron chi connectivity index (χ0n) is 10.1. The number of rotatable bonds is 3. The lowest BCUT2D eigenvalue weighted by molar-refractivity contribution is 0.690. The minimum atomic E-state index is -0.146. The van der Waals surface area contributed by atoms with E-state index < -0.39 is 0 Å². The van der Waals surface area contributed by atoms with Gasteiger partial charge in [-0.3, -0.25) is 4.57 Å². The summed E-state index contributed by atoms with van der Waals surface area (Å²) in [5, 5.41) is 7.75. The van der Waals surface area contributed by atoms with Crippen molar-refractivity contribution in [3.05, 3.63) is 52.3 Å². The Balaban J connectivity index is 2.04. The van der Waals surface area contributed by atoms with Gasteiger partial charge in [-0.2, -0.15) is 5.10 Å². The third-order valence-electron chi connectivity index (χ3n) is 3.18. The van der Waals surface area contributed by atoms with Gasteiger partial charge in [-0.1, -0.05) is 18.2 Å². The van der Waals surface area contributed by atoms with Gasteiger partial charge in [-0.15, -0.1) is 0 Å². The molecule has 2 N–H and O–H groups in total. The summed E-state index contributed by atoms with van der Waals surface area (Å²) < 4.78 is 1.65. The molecule has 2 aromatic heterocycles. The van der Waals surface area contributed by atoms with E-state index in [1.807, 2.05) is 31.3 Å². The molecule has 3 rings (SSSR count). The molecule has 0 unspecified atom stereocenters. The van der Waals surface area contributed by atoms with Crippen molar-refractivity contribution in [3.63, 3.8) is 0 Å². The zero-order chi connectivity index (χ0) is 12.5. The number of H-pyrrole nitrogens is 2. The summed E-state index contributed by atoms with van der Waals surface area (Å²) in [7, 11) is 0. The summed E-state index contributed by atoms with van der Waals surface area (Å²) >= 11 is 0. The first-order chi connectivity index (χ1) is 8.79. The van der Waals surface area contributed by atoms with E-state index >= 15 is 0 Å². The average Bonchev–Trinajstić information content (AvgIpc) is 2.95. The van der Waals surface area contributed by atoms with Crippen LogP contribution in [0.4, 0.5) is 0 Å². The number of aromatic amines is 2. The van der Waals surface area contributed by atoms with Crippen molar-refractivity contribution in [2.75, 3.05) is 0 Å². The second-order valence-corrected chi connectivity index (χ2v) is 4.23. The molecular formula is C13H14N4O. The Hall–Kier alpha value is -2.30. The van der Waals surface area contributed by atoms with E-state index in [1.165, 1.54) is 5.39 Å². The van der Waals surface area contributed by atoms with Gasteiger partial charge >= 0.3 is 5.69 Å². The van der Waals surface area contributed by atoms with Gasteiger partial charge in [0, 0.05) is 30.1 Å². The lowest BCUT2D eigenvalue weighted by Crippen LogP contribution is -2.17. The summed E-state index contributed by atoms with van der Waals surface area (Å²) in [5.74, 6) is 0.771. The first-order valence-corrected chi connectivity index (χ1v) is 5.98. The van der Waals surface area contributed by atoms with Crippen molar-refractivity contribution >= 4 is 10.9 Å². The number of benzene rings is 1. The average molecular weight is 242 g/mol. The summed E-state index contributed by atoms with van der Waals surface area (Å²) in [4.78, 5) is 14.7. The number of hydrogen-bond donors (Lipinski definition) is 2. The first-order valence-electron chi connectivity index (χ1n) is 5.98. The highest BCUT2D eigenvalue weighted by Gasteiger charge is 2.10. The van der Waals surface area contributed by atoms with Gasteiger partial charge in [0.05, 0.1) is 0 Å². The highest BCUT2D eigenvalue weighted by molar-refractivity contribution is 5.83. The zero-order valence-corrected chi connectivity index (χ0v) is 10.1. The molecule has 0 saturated carbocycles. The van der Waals surface area contributed by atoms with Crippen LogP contribution in [-0.4, -0.2) is 19.7 Å². The van der Waals surface area contributed by atoms with Gasteiger partial charge in [0.15, 0.2) is 0 Å². The molecule has 3 aromatic rings. The fourth-order valence-electron chi connectivity index (χ4n) is 2.26. The fraction of sp³-hybridized carbons (Fsp3) is 0.231. The van der Waals surface area contributed by atoms with E-state index in [-0.39, 0.29) is 5.69 Å². The van der Waals surface area contributed by atoms with Crippen molar-refractivity contribution in [1.29, 1.82) is 0 Å².